The molecule has 0 saturated carbocycles. The summed E-state index contributed by atoms with van der Waals surface area (Å²) in [5.74, 6) is -4.77. The van der Waals surface area contributed by atoms with Crippen LogP contribution in [0.3, 0.4) is 0 Å². The van der Waals surface area contributed by atoms with Gasteiger partial charge in [-0.15, -0.1) is 0 Å². The van der Waals surface area contributed by atoms with E-state index in [1.165, 1.54) is 48.5 Å². The van der Waals surface area contributed by atoms with Crippen molar-refractivity contribution >= 4 is 52.7 Å². The van der Waals surface area contributed by atoms with E-state index in [4.69, 9.17) is 32.7 Å². The van der Waals surface area contributed by atoms with Crippen LogP contribution >= 0.6 is 23.2 Å². The summed E-state index contributed by atoms with van der Waals surface area (Å²) in [5, 5.41) is 12.9. The summed E-state index contributed by atoms with van der Waals surface area (Å²) >= 11 is 11.6. The highest BCUT2D eigenvalue weighted by atomic mass is 35.5. The standard InChI is InChI=1S/C24H17Cl2NO7/c25-16-10-6-14(7-11-16)23(31)33-19(21(28)27-18-4-2-1-3-5-18)20(22(29)30)34-24(32)15-8-12-17(26)13-9-15/h1-13,19-20H,(H,27,28)(H,29,30)/t19-,20+/m1/s1. The molecule has 3 rings (SSSR count). The first-order chi connectivity index (χ1) is 16.2. The number of ether oxygens (including phenoxy) is 2. The van der Waals surface area contributed by atoms with E-state index in [0.717, 1.165) is 0 Å². The Kier molecular flexibility index (Phi) is 8.24. The molecule has 0 aromatic heterocycles. The molecule has 0 aliphatic heterocycles. The van der Waals surface area contributed by atoms with Crippen LogP contribution in [0.5, 0.6) is 0 Å². The van der Waals surface area contributed by atoms with Crippen LogP contribution in [0, 0.1) is 0 Å². The molecule has 0 spiro atoms. The minimum absolute atomic E-state index is 0.00933. The SMILES string of the molecule is O=C(O[C@H](C(=O)O)[C@@H](OC(=O)c1ccc(Cl)cc1)C(=O)Nc1ccccc1)c1ccc(Cl)cc1. The first-order valence-corrected chi connectivity index (χ1v) is 10.5. The fraction of sp³-hybridized carbons (Fsp3) is 0.0833. The number of hydrogen-bond acceptors (Lipinski definition) is 6. The molecular formula is C24H17Cl2NO7. The lowest BCUT2D eigenvalue weighted by atomic mass is 10.1. The number of carboxylic acids is 1. The predicted octanol–water partition coefficient (Wildman–Crippen LogP) is 4.47. The quantitative estimate of drug-likeness (QED) is 0.437. The second kappa shape index (κ2) is 11.3. The number of nitrogens with one attached hydrogen (secondary N) is 1. The van der Waals surface area contributed by atoms with E-state index in [9.17, 15) is 24.3 Å². The van der Waals surface area contributed by atoms with Gasteiger partial charge in [-0.1, -0.05) is 41.4 Å². The summed E-state index contributed by atoms with van der Waals surface area (Å²) in [6.45, 7) is 0. The topological polar surface area (TPSA) is 119 Å². The van der Waals surface area contributed by atoms with E-state index >= 15 is 0 Å². The monoisotopic (exact) mass is 501 g/mol. The van der Waals surface area contributed by atoms with Crippen molar-refractivity contribution in [1.29, 1.82) is 0 Å². The molecule has 0 bridgehead atoms. The van der Waals surface area contributed by atoms with Crippen LogP contribution in [-0.2, 0) is 19.1 Å². The lowest BCUT2D eigenvalue weighted by Gasteiger charge is -2.23. The third kappa shape index (κ3) is 6.57. The lowest BCUT2D eigenvalue weighted by Crippen LogP contribution is -2.48. The molecule has 34 heavy (non-hydrogen) atoms. The second-order valence-corrected chi connectivity index (χ2v) is 7.73. The average Bonchev–Trinajstić information content (AvgIpc) is 2.82. The Morgan fingerprint density at radius 1 is 0.676 bits per heavy atom. The maximum Gasteiger partial charge on any atom is 0.349 e. The molecule has 0 heterocycles. The number of hydrogen-bond donors (Lipinski definition) is 2. The van der Waals surface area contributed by atoms with E-state index in [-0.39, 0.29) is 11.1 Å². The normalized spacial score (nSPS) is 12.2. The van der Waals surface area contributed by atoms with Crippen molar-refractivity contribution in [2.24, 2.45) is 0 Å². The van der Waals surface area contributed by atoms with E-state index in [0.29, 0.717) is 15.7 Å². The van der Waals surface area contributed by atoms with Crippen molar-refractivity contribution in [3.63, 3.8) is 0 Å². The summed E-state index contributed by atoms with van der Waals surface area (Å²) in [7, 11) is 0. The number of anilines is 1. The third-order valence-corrected chi connectivity index (χ3v) is 4.95. The fourth-order valence-corrected chi connectivity index (χ4v) is 3.02. The van der Waals surface area contributed by atoms with E-state index in [1.807, 2.05) is 0 Å². The number of carbonyl (C=O) groups excluding carboxylic acids is 3. The Labute approximate surface area is 204 Å². The zero-order chi connectivity index (χ0) is 24.7. The zero-order valence-corrected chi connectivity index (χ0v) is 18.8. The van der Waals surface area contributed by atoms with Gasteiger partial charge in [0, 0.05) is 15.7 Å². The Hall–Kier alpha value is -3.88. The molecule has 1 amide bonds. The minimum atomic E-state index is -2.15. The number of amides is 1. The maximum atomic E-state index is 13.0. The van der Waals surface area contributed by atoms with Gasteiger partial charge >= 0.3 is 17.9 Å². The van der Waals surface area contributed by atoms with Gasteiger partial charge < -0.3 is 19.9 Å². The Bertz CT molecular complexity index is 1180. The first-order valence-electron chi connectivity index (χ1n) is 9.76. The molecule has 0 saturated heterocycles. The Morgan fingerprint density at radius 3 is 1.56 bits per heavy atom. The lowest BCUT2D eigenvalue weighted by molar-refractivity contribution is -0.157. The second-order valence-electron chi connectivity index (χ2n) is 6.86. The van der Waals surface area contributed by atoms with Gasteiger partial charge in [0.05, 0.1) is 11.1 Å². The van der Waals surface area contributed by atoms with E-state index in [1.54, 1.807) is 30.3 Å². The summed E-state index contributed by atoms with van der Waals surface area (Å²) in [6, 6.07) is 19.1. The van der Waals surface area contributed by atoms with Gasteiger partial charge in [-0.3, -0.25) is 4.79 Å². The van der Waals surface area contributed by atoms with Gasteiger partial charge in [-0.05, 0) is 60.7 Å². The predicted molar refractivity (Wildman–Crippen MR) is 124 cm³/mol. The van der Waals surface area contributed by atoms with E-state index < -0.39 is 36.0 Å². The van der Waals surface area contributed by atoms with Gasteiger partial charge in [0.2, 0.25) is 12.2 Å². The van der Waals surface area contributed by atoms with Crippen molar-refractivity contribution in [3.8, 4) is 0 Å². The maximum absolute atomic E-state index is 13.0. The number of benzene rings is 3. The number of aliphatic carboxylic acids is 1. The molecule has 2 N–H and O–H groups in total. The number of para-hydroxylation sites is 1. The molecule has 10 heteroatoms. The molecule has 0 radical (unpaired) electrons. The van der Waals surface area contributed by atoms with Crippen LogP contribution in [0.2, 0.25) is 10.0 Å². The molecule has 3 aromatic rings. The minimum Gasteiger partial charge on any atom is -0.478 e. The number of carboxylic acid groups (broad SMARTS) is 1. The number of esters is 2. The van der Waals surface area contributed by atoms with Crippen LogP contribution in [0.15, 0.2) is 78.9 Å². The molecule has 0 unspecified atom stereocenters. The van der Waals surface area contributed by atoms with Crippen LogP contribution < -0.4 is 5.32 Å². The largest absolute Gasteiger partial charge is 0.478 e. The molecule has 2 atom stereocenters. The Morgan fingerprint density at radius 2 is 1.12 bits per heavy atom. The van der Waals surface area contributed by atoms with Crippen molar-refractivity contribution in [1.82, 2.24) is 0 Å². The molecule has 8 nitrogen and oxygen atoms in total. The van der Waals surface area contributed by atoms with Crippen LogP contribution in [0.4, 0.5) is 5.69 Å². The van der Waals surface area contributed by atoms with Crippen molar-refractivity contribution in [2.75, 3.05) is 5.32 Å². The van der Waals surface area contributed by atoms with E-state index in [2.05, 4.69) is 5.32 Å². The zero-order valence-electron chi connectivity index (χ0n) is 17.3. The first kappa shape index (κ1) is 24.8. The summed E-state index contributed by atoms with van der Waals surface area (Å²) in [6.07, 6.45) is -4.17. The highest BCUT2D eigenvalue weighted by molar-refractivity contribution is 6.31. The summed E-state index contributed by atoms with van der Waals surface area (Å²) < 4.78 is 10.3. The van der Waals surface area contributed by atoms with Gasteiger partial charge in [0.15, 0.2) is 0 Å². The van der Waals surface area contributed by atoms with Gasteiger partial charge in [0.1, 0.15) is 0 Å². The van der Waals surface area contributed by atoms with Crippen LogP contribution in [-0.4, -0.2) is 41.1 Å². The number of carbonyl (C=O) groups is 4. The molecule has 3 aromatic carbocycles. The Balaban J connectivity index is 1.89. The molecular weight excluding hydrogens is 485 g/mol. The summed E-state index contributed by atoms with van der Waals surface area (Å²) in [5.41, 5.74) is 0.310. The highest BCUT2D eigenvalue weighted by Crippen LogP contribution is 2.18. The van der Waals surface area contributed by atoms with Crippen molar-refractivity contribution in [2.45, 2.75) is 12.2 Å². The molecule has 174 valence electrons. The van der Waals surface area contributed by atoms with Gasteiger partial charge in [-0.25, -0.2) is 14.4 Å². The summed E-state index contributed by atoms with van der Waals surface area (Å²) in [4.78, 5) is 50.1. The van der Waals surface area contributed by atoms with Crippen LogP contribution in [0.1, 0.15) is 20.7 Å². The average molecular weight is 502 g/mol. The molecule has 0 fully saturated rings. The smallest absolute Gasteiger partial charge is 0.349 e. The molecule has 0 aliphatic rings. The van der Waals surface area contributed by atoms with Crippen LogP contribution in [0.25, 0.3) is 0 Å². The third-order valence-electron chi connectivity index (χ3n) is 4.45. The number of halogens is 2. The highest BCUT2D eigenvalue weighted by Gasteiger charge is 2.41. The van der Waals surface area contributed by atoms with Crippen molar-refractivity contribution in [3.05, 3.63) is 100 Å². The van der Waals surface area contributed by atoms with Gasteiger partial charge in [0.25, 0.3) is 5.91 Å². The molecule has 0 aliphatic carbocycles. The van der Waals surface area contributed by atoms with Gasteiger partial charge in [-0.2, -0.15) is 0 Å². The fourth-order valence-electron chi connectivity index (χ4n) is 2.77. The number of rotatable bonds is 8. The van der Waals surface area contributed by atoms with Crippen molar-refractivity contribution < 1.29 is 33.8 Å².